The molecule has 0 unspecified atom stereocenters. The number of benzene rings is 3. The normalized spacial score (nSPS) is 10.7. The number of nitro benzene ring substituents is 1. The molecule has 0 atom stereocenters. The Bertz CT molecular complexity index is 1110. The molecule has 3 aromatic rings. The van der Waals surface area contributed by atoms with Crippen LogP contribution >= 0.6 is 0 Å². The Kier molecular flexibility index (Phi) is 7.48. The predicted molar refractivity (Wildman–Crippen MR) is 125 cm³/mol. The minimum absolute atomic E-state index is 0.00140. The highest BCUT2D eigenvalue weighted by Gasteiger charge is 2.14. The Hall–Kier alpha value is -4.26. The van der Waals surface area contributed by atoms with Crippen molar-refractivity contribution < 1.29 is 14.5 Å². The highest BCUT2D eigenvalue weighted by molar-refractivity contribution is 6.02. The number of amides is 2. The topological polar surface area (TPSA) is 92.6 Å². The van der Waals surface area contributed by atoms with Gasteiger partial charge in [-0.05, 0) is 60.5 Å². The van der Waals surface area contributed by atoms with E-state index in [2.05, 4.69) is 5.32 Å². The third kappa shape index (κ3) is 6.12. The largest absolute Gasteiger partial charge is 0.323 e. The molecule has 7 nitrogen and oxygen atoms in total. The van der Waals surface area contributed by atoms with E-state index in [1.165, 1.54) is 18.2 Å². The fraction of sp³-hybridized carbons (Fsp3) is 0.120. The molecule has 1 N–H and O–H groups in total. The number of carbonyl (C=O) groups excluding carboxylic acids is 2. The number of para-hydroxylation sites is 1. The van der Waals surface area contributed by atoms with Gasteiger partial charge in [-0.3, -0.25) is 19.7 Å². The van der Waals surface area contributed by atoms with E-state index in [1.807, 2.05) is 49.4 Å². The van der Waals surface area contributed by atoms with Crippen LogP contribution in [-0.4, -0.2) is 23.3 Å². The number of hydrogen-bond donors (Lipinski definition) is 1. The number of nitro groups is 1. The molecule has 162 valence electrons. The predicted octanol–water partition coefficient (Wildman–Crippen LogP) is 4.84. The first-order chi connectivity index (χ1) is 15.5. The zero-order valence-electron chi connectivity index (χ0n) is 17.6. The monoisotopic (exact) mass is 429 g/mol. The van der Waals surface area contributed by atoms with Crippen LogP contribution in [0.15, 0.2) is 84.9 Å². The van der Waals surface area contributed by atoms with Crippen molar-refractivity contribution in [1.29, 1.82) is 0 Å². The first-order valence-electron chi connectivity index (χ1n) is 10.1. The van der Waals surface area contributed by atoms with Gasteiger partial charge in [0.25, 0.3) is 5.69 Å². The third-order valence-corrected chi connectivity index (χ3v) is 4.79. The zero-order chi connectivity index (χ0) is 22.9. The average molecular weight is 429 g/mol. The van der Waals surface area contributed by atoms with Gasteiger partial charge < -0.3 is 10.2 Å². The lowest BCUT2D eigenvalue weighted by Gasteiger charge is -2.21. The van der Waals surface area contributed by atoms with Crippen molar-refractivity contribution in [1.82, 2.24) is 0 Å². The first kappa shape index (κ1) is 22.4. The fourth-order valence-electron chi connectivity index (χ4n) is 3.15. The van der Waals surface area contributed by atoms with Crippen LogP contribution in [0, 0.1) is 10.1 Å². The molecular weight excluding hydrogens is 406 g/mol. The van der Waals surface area contributed by atoms with Crippen LogP contribution in [0.2, 0.25) is 0 Å². The van der Waals surface area contributed by atoms with Crippen LogP contribution in [-0.2, 0) is 16.0 Å². The molecule has 0 spiro atoms. The van der Waals surface area contributed by atoms with E-state index < -0.39 is 4.92 Å². The summed E-state index contributed by atoms with van der Waals surface area (Å²) >= 11 is 0. The van der Waals surface area contributed by atoms with Crippen LogP contribution in [0.1, 0.15) is 18.1 Å². The van der Waals surface area contributed by atoms with Crippen molar-refractivity contribution in [2.45, 2.75) is 13.3 Å². The zero-order valence-corrected chi connectivity index (χ0v) is 17.6. The van der Waals surface area contributed by atoms with Gasteiger partial charge in [0.2, 0.25) is 11.8 Å². The van der Waals surface area contributed by atoms with Crippen LogP contribution < -0.4 is 10.2 Å². The van der Waals surface area contributed by atoms with Crippen LogP contribution in [0.3, 0.4) is 0 Å². The van der Waals surface area contributed by atoms with Gasteiger partial charge in [0, 0.05) is 36.1 Å². The van der Waals surface area contributed by atoms with Gasteiger partial charge in [-0.2, -0.15) is 0 Å². The molecule has 32 heavy (non-hydrogen) atoms. The number of likely N-dealkylation sites (N-methyl/N-ethyl adjacent to an activating group) is 1. The van der Waals surface area contributed by atoms with Gasteiger partial charge >= 0.3 is 0 Å². The summed E-state index contributed by atoms with van der Waals surface area (Å²) < 4.78 is 0. The summed E-state index contributed by atoms with van der Waals surface area (Å²) in [6.45, 7) is 2.52. The number of hydrogen-bond acceptors (Lipinski definition) is 4. The first-order valence-corrected chi connectivity index (χ1v) is 10.1. The summed E-state index contributed by atoms with van der Waals surface area (Å²) in [5.41, 5.74) is 3.00. The molecule has 0 aliphatic rings. The van der Waals surface area contributed by atoms with E-state index in [-0.39, 0.29) is 23.9 Å². The van der Waals surface area contributed by atoms with Gasteiger partial charge in [0.1, 0.15) is 0 Å². The Morgan fingerprint density at radius 2 is 1.62 bits per heavy atom. The molecule has 0 radical (unpaired) electrons. The number of non-ortho nitro benzene ring substituents is 1. The number of nitrogens with one attached hydrogen (secondary N) is 1. The molecule has 0 aliphatic heterocycles. The number of rotatable bonds is 8. The van der Waals surface area contributed by atoms with Gasteiger partial charge in [0.15, 0.2) is 0 Å². The minimum atomic E-state index is -0.473. The summed E-state index contributed by atoms with van der Waals surface area (Å²) in [6, 6.07) is 22.6. The van der Waals surface area contributed by atoms with Crippen molar-refractivity contribution in [2.24, 2.45) is 0 Å². The number of carbonyl (C=O) groups is 2. The maximum absolute atomic E-state index is 12.7. The highest BCUT2D eigenvalue weighted by atomic mass is 16.6. The molecule has 3 rings (SSSR count). The van der Waals surface area contributed by atoms with Gasteiger partial charge in [-0.1, -0.05) is 30.3 Å². The lowest BCUT2D eigenvalue weighted by Crippen LogP contribution is -2.31. The summed E-state index contributed by atoms with van der Waals surface area (Å²) in [5.74, 6) is -0.324. The molecule has 0 aliphatic carbocycles. The SMILES string of the molecule is CCN(C(=O)Cc1ccc(NC(=O)/C=C/c2ccc([N+](=O)[O-])cc2)cc1)c1ccccc1. The molecule has 0 bridgehead atoms. The van der Waals surface area contributed by atoms with E-state index in [0.29, 0.717) is 17.8 Å². The summed E-state index contributed by atoms with van der Waals surface area (Å²) in [7, 11) is 0. The van der Waals surface area contributed by atoms with E-state index in [9.17, 15) is 19.7 Å². The second-order valence-electron chi connectivity index (χ2n) is 7.02. The number of nitrogens with zero attached hydrogens (tertiary/aromatic N) is 2. The van der Waals surface area contributed by atoms with Crippen molar-refractivity contribution in [3.63, 3.8) is 0 Å². The Balaban J connectivity index is 1.56. The molecule has 0 saturated heterocycles. The minimum Gasteiger partial charge on any atom is -0.323 e. The van der Waals surface area contributed by atoms with Crippen molar-refractivity contribution in [3.05, 3.63) is 106 Å². The molecular formula is C25H23N3O4. The fourth-order valence-corrected chi connectivity index (χ4v) is 3.15. The molecule has 0 heterocycles. The lowest BCUT2D eigenvalue weighted by atomic mass is 10.1. The standard InChI is InChI=1S/C25H23N3O4/c1-2-27(22-6-4-3-5-7-22)25(30)18-20-8-13-21(14-9-20)26-24(29)17-12-19-10-15-23(16-11-19)28(31)32/h3-17H,2,18H2,1H3,(H,26,29)/b17-12+. The Morgan fingerprint density at radius 3 is 2.22 bits per heavy atom. The maximum atomic E-state index is 12.7. The second-order valence-corrected chi connectivity index (χ2v) is 7.02. The molecule has 7 heteroatoms. The van der Waals surface area contributed by atoms with Crippen molar-refractivity contribution in [3.8, 4) is 0 Å². The molecule has 3 aromatic carbocycles. The van der Waals surface area contributed by atoms with E-state index >= 15 is 0 Å². The van der Waals surface area contributed by atoms with Crippen molar-refractivity contribution in [2.75, 3.05) is 16.8 Å². The van der Waals surface area contributed by atoms with Crippen molar-refractivity contribution >= 4 is 35.0 Å². The lowest BCUT2D eigenvalue weighted by molar-refractivity contribution is -0.384. The Labute approximate surface area is 186 Å². The Morgan fingerprint density at radius 1 is 0.969 bits per heavy atom. The van der Waals surface area contributed by atoms with E-state index in [1.54, 1.807) is 35.2 Å². The maximum Gasteiger partial charge on any atom is 0.269 e. The van der Waals surface area contributed by atoms with Gasteiger partial charge in [-0.15, -0.1) is 0 Å². The second kappa shape index (κ2) is 10.7. The van der Waals surface area contributed by atoms with Crippen LogP contribution in [0.4, 0.5) is 17.1 Å². The molecule has 2 amide bonds. The van der Waals surface area contributed by atoms with Gasteiger partial charge in [0.05, 0.1) is 11.3 Å². The third-order valence-electron chi connectivity index (χ3n) is 4.79. The smallest absolute Gasteiger partial charge is 0.269 e. The van der Waals surface area contributed by atoms with E-state index in [4.69, 9.17) is 0 Å². The molecule has 0 aromatic heterocycles. The summed E-state index contributed by atoms with van der Waals surface area (Å²) in [4.78, 5) is 36.8. The van der Waals surface area contributed by atoms with E-state index in [0.717, 1.165) is 11.3 Å². The molecule has 0 saturated carbocycles. The van der Waals surface area contributed by atoms with Gasteiger partial charge in [-0.25, -0.2) is 0 Å². The van der Waals surface area contributed by atoms with Crippen LogP contribution in [0.5, 0.6) is 0 Å². The summed E-state index contributed by atoms with van der Waals surface area (Å²) in [5, 5.41) is 13.4. The molecule has 0 fully saturated rings. The summed E-state index contributed by atoms with van der Waals surface area (Å²) in [6.07, 6.45) is 3.20. The quantitative estimate of drug-likeness (QED) is 0.315. The number of anilines is 2. The highest BCUT2D eigenvalue weighted by Crippen LogP contribution is 2.17. The average Bonchev–Trinajstić information content (AvgIpc) is 2.80. The van der Waals surface area contributed by atoms with Crippen LogP contribution in [0.25, 0.3) is 6.08 Å².